The third-order valence-corrected chi connectivity index (χ3v) is 4.84. The van der Waals surface area contributed by atoms with E-state index in [0.717, 1.165) is 49.5 Å². The molecule has 0 fully saturated rings. The second kappa shape index (κ2) is 7.79. The Morgan fingerprint density at radius 1 is 0.920 bits per heavy atom. The standard InChI is InChI=1S/C21H25NO3/c1-2-7-17-15-18(14-16(17)6-1)22-10-3-4-11-23-19-8-5-9-20-21(19)25-13-12-24-20/h1-2,5-9,18,22H,3-4,10-15H2. The molecule has 0 saturated carbocycles. The SMILES string of the molecule is c1ccc2c(c1)CC(NCCCCOc1cccc3c1OCCO3)C2. The fourth-order valence-electron chi connectivity index (χ4n) is 3.58. The quantitative estimate of drug-likeness (QED) is 0.785. The molecule has 4 rings (SSSR count). The molecular weight excluding hydrogens is 314 g/mol. The van der Waals surface area contributed by atoms with Crippen molar-refractivity contribution in [1.82, 2.24) is 5.32 Å². The first kappa shape index (κ1) is 16.3. The average molecular weight is 339 g/mol. The van der Waals surface area contributed by atoms with Gasteiger partial charge >= 0.3 is 0 Å². The Balaban J connectivity index is 1.15. The van der Waals surface area contributed by atoms with Crippen molar-refractivity contribution < 1.29 is 14.2 Å². The lowest BCUT2D eigenvalue weighted by Crippen LogP contribution is -2.30. The van der Waals surface area contributed by atoms with Gasteiger partial charge in [0.05, 0.1) is 6.61 Å². The monoisotopic (exact) mass is 339 g/mol. The second-order valence-electron chi connectivity index (χ2n) is 6.66. The van der Waals surface area contributed by atoms with Crippen LogP contribution in [0.2, 0.25) is 0 Å². The van der Waals surface area contributed by atoms with Crippen LogP contribution in [0.3, 0.4) is 0 Å². The molecule has 2 aliphatic rings. The first-order chi connectivity index (χ1) is 12.4. The molecule has 2 aromatic rings. The van der Waals surface area contributed by atoms with E-state index in [1.165, 1.54) is 11.1 Å². The minimum absolute atomic E-state index is 0.584. The first-order valence-electron chi connectivity index (χ1n) is 9.22. The van der Waals surface area contributed by atoms with Crippen molar-refractivity contribution in [3.8, 4) is 17.2 Å². The van der Waals surface area contributed by atoms with Gasteiger partial charge in [0.15, 0.2) is 11.5 Å². The van der Waals surface area contributed by atoms with Gasteiger partial charge in [-0.3, -0.25) is 0 Å². The summed E-state index contributed by atoms with van der Waals surface area (Å²) in [6.07, 6.45) is 4.44. The predicted octanol–water partition coefficient (Wildman–Crippen LogP) is 3.37. The Kier molecular flexibility index (Phi) is 5.07. The Morgan fingerprint density at radius 2 is 1.72 bits per heavy atom. The van der Waals surface area contributed by atoms with E-state index in [0.29, 0.717) is 25.9 Å². The third-order valence-electron chi connectivity index (χ3n) is 4.84. The number of nitrogens with one attached hydrogen (secondary N) is 1. The van der Waals surface area contributed by atoms with E-state index in [4.69, 9.17) is 14.2 Å². The number of para-hydroxylation sites is 1. The van der Waals surface area contributed by atoms with Crippen LogP contribution in [0.4, 0.5) is 0 Å². The van der Waals surface area contributed by atoms with Crippen molar-refractivity contribution >= 4 is 0 Å². The fourth-order valence-corrected chi connectivity index (χ4v) is 3.58. The summed E-state index contributed by atoms with van der Waals surface area (Å²) in [6.45, 7) is 2.93. The van der Waals surface area contributed by atoms with Gasteiger partial charge in [-0.15, -0.1) is 0 Å². The zero-order valence-electron chi connectivity index (χ0n) is 14.5. The Morgan fingerprint density at radius 3 is 2.56 bits per heavy atom. The Hall–Kier alpha value is -2.20. The lowest BCUT2D eigenvalue weighted by atomic mass is 10.1. The van der Waals surface area contributed by atoms with E-state index >= 15 is 0 Å². The molecule has 132 valence electrons. The van der Waals surface area contributed by atoms with Crippen LogP contribution >= 0.6 is 0 Å². The van der Waals surface area contributed by atoms with Crippen LogP contribution in [0.15, 0.2) is 42.5 Å². The third kappa shape index (κ3) is 3.90. The van der Waals surface area contributed by atoms with Gasteiger partial charge in [0.2, 0.25) is 5.75 Å². The summed E-state index contributed by atoms with van der Waals surface area (Å²) >= 11 is 0. The highest BCUT2D eigenvalue weighted by Crippen LogP contribution is 2.38. The first-order valence-corrected chi connectivity index (χ1v) is 9.22. The van der Waals surface area contributed by atoms with Crippen LogP contribution in [-0.4, -0.2) is 32.4 Å². The van der Waals surface area contributed by atoms with Gasteiger partial charge in [0, 0.05) is 6.04 Å². The summed E-state index contributed by atoms with van der Waals surface area (Å²) in [5.74, 6) is 2.32. The van der Waals surface area contributed by atoms with Gasteiger partial charge in [-0.25, -0.2) is 0 Å². The molecule has 1 N–H and O–H groups in total. The van der Waals surface area contributed by atoms with Gasteiger partial charge in [0.25, 0.3) is 0 Å². The smallest absolute Gasteiger partial charge is 0.203 e. The fraction of sp³-hybridized carbons (Fsp3) is 0.429. The summed E-state index contributed by atoms with van der Waals surface area (Å²) in [7, 11) is 0. The van der Waals surface area contributed by atoms with E-state index in [2.05, 4.69) is 29.6 Å². The molecule has 1 heterocycles. The van der Waals surface area contributed by atoms with Gasteiger partial charge in [-0.2, -0.15) is 0 Å². The number of hydrogen-bond acceptors (Lipinski definition) is 4. The molecular formula is C21H25NO3. The minimum atomic E-state index is 0.584. The maximum absolute atomic E-state index is 5.89. The van der Waals surface area contributed by atoms with Crippen LogP contribution in [0.5, 0.6) is 17.2 Å². The second-order valence-corrected chi connectivity index (χ2v) is 6.66. The number of unbranched alkanes of at least 4 members (excludes halogenated alkanes) is 1. The number of hydrogen-bond donors (Lipinski definition) is 1. The summed E-state index contributed by atoms with van der Waals surface area (Å²) in [6, 6.07) is 15.2. The van der Waals surface area contributed by atoms with Crippen molar-refractivity contribution in [3.63, 3.8) is 0 Å². The molecule has 4 nitrogen and oxygen atoms in total. The molecule has 0 aromatic heterocycles. The van der Waals surface area contributed by atoms with Crippen LogP contribution in [0.1, 0.15) is 24.0 Å². The van der Waals surface area contributed by atoms with Crippen molar-refractivity contribution in [2.75, 3.05) is 26.4 Å². The van der Waals surface area contributed by atoms with E-state index in [1.54, 1.807) is 0 Å². The molecule has 0 unspecified atom stereocenters. The maximum atomic E-state index is 5.89. The molecule has 0 saturated heterocycles. The molecule has 0 amide bonds. The highest BCUT2D eigenvalue weighted by Gasteiger charge is 2.20. The molecule has 0 radical (unpaired) electrons. The van der Waals surface area contributed by atoms with E-state index in [-0.39, 0.29) is 0 Å². The predicted molar refractivity (Wildman–Crippen MR) is 97.8 cm³/mol. The zero-order valence-corrected chi connectivity index (χ0v) is 14.5. The zero-order chi connectivity index (χ0) is 16.9. The van der Waals surface area contributed by atoms with E-state index < -0.39 is 0 Å². The largest absolute Gasteiger partial charge is 0.490 e. The van der Waals surface area contributed by atoms with Crippen molar-refractivity contribution in [3.05, 3.63) is 53.6 Å². The molecule has 0 spiro atoms. The molecule has 0 bridgehead atoms. The topological polar surface area (TPSA) is 39.7 Å². The molecule has 2 aromatic carbocycles. The molecule has 1 aliphatic heterocycles. The highest BCUT2D eigenvalue weighted by molar-refractivity contribution is 5.51. The maximum Gasteiger partial charge on any atom is 0.203 e. The van der Waals surface area contributed by atoms with Crippen LogP contribution in [0.25, 0.3) is 0 Å². The normalized spacial score (nSPS) is 15.8. The van der Waals surface area contributed by atoms with Crippen LogP contribution in [0, 0.1) is 0 Å². The van der Waals surface area contributed by atoms with Gasteiger partial charge in [-0.1, -0.05) is 30.3 Å². The van der Waals surface area contributed by atoms with Gasteiger partial charge in [-0.05, 0) is 55.5 Å². The molecule has 0 atom stereocenters. The lowest BCUT2D eigenvalue weighted by Gasteiger charge is -2.20. The number of rotatable bonds is 7. The van der Waals surface area contributed by atoms with Crippen molar-refractivity contribution in [2.45, 2.75) is 31.7 Å². The summed E-state index contributed by atoms with van der Waals surface area (Å²) in [5.41, 5.74) is 3.00. The number of fused-ring (bicyclic) bond motifs is 2. The summed E-state index contributed by atoms with van der Waals surface area (Å²) in [5, 5.41) is 3.68. The van der Waals surface area contributed by atoms with Gasteiger partial charge < -0.3 is 19.5 Å². The lowest BCUT2D eigenvalue weighted by molar-refractivity contribution is 0.161. The van der Waals surface area contributed by atoms with Crippen LogP contribution < -0.4 is 19.5 Å². The molecule has 25 heavy (non-hydrogen) atoms. The highest BCUT2D eigenvalue weighted by atomic mass is 16.6. The van der Waals surface area contributed by atoms with Crippen molar-refractivity contribution in [1.29, 1.82) is 0 Å². The van der Waals surface area contributed by atoms with Crippen molar-refractivity contribution in [2.24, 2.45) is 0 Å². The Bertz CT molecular complexity index is 691. The minimum Gasteiger partial charge on any atom is -0.490 e. The van der Waals surface area contributed by atoms with Gasteiger partial charge in [0.1, 0.15) is 13.2 Å². The number of ether oxygens (including phenoxy) is 3. The number of benzene rings is 2. The summed E-state index contributed by atoms with van der Waals surface area (Å²) in [4.78, 5) is 0. The van der Waals surface area contributed by atoms with Crippen LogP contribution in [-0.2, 0) is 12.8 Å². The molecule has 1 aliphatic carbocycles. The van der Waals surface area contributed by atoms with E-state index in [9.17, 15) is 0 Å². The average Bonchev–Trinajstić information content (AvgIpc) is 3.07. The summed E-state index contributed by atoms with van der Waals surface area (Å²) < 4.78 is 17.1. The Labute approximate surface area is 149 Å². The molecule has 4 heteroatoms. The van der Waals surface area contributed by atoms with E-state index in [1.807, 2.05) is 18.2 Å².